The van der Waals surface area contributed by atoms with Crippen molar-refractivity contribution in [2.75, 3.05) is 0 Å². The maximum absolute atomic E-state index is 9.91. The fraction of sp³-hybridized carbons (Fsp3) is 0.125. The molecule has 2 aromatic rings. The summed E-state index contributed by atoms with van der Waals surface area (Å²) in [5.74, 6) is 5.77. The number of benzene rings is 2. The Morgan fingerprint density at radius 1 is 1.00 bits per heavy atom. The fourth-order valence-corrected chi connectivity index (χ4v) is 1.64. The van der Waals surface area contributed by atoms with Gasteiger partial charge in [0, 0.05) is 10.6 Å². The van der Waals surface area contributed by atoms with Crippen molar-refractivity contribution in [1.29, 1.82) is 0 Å². The minimum atomic E-state index is -0.788. The van der Waals surface area contributed by atoms with Gasteiger partial charge in [-0.25, -0.2) is 0 Å². The third kappa shape index (κ3) is 3.37. The van der Waals surface area contributed by atoms with Crippen molar-refractivity contribution in [2.24, 2.45) is 0 Å². The Kier molecular flexibility index (Phi) is 4.04. The Labute approximate surface area is 112 Å². The van der Waals surface area contributed by atoms with Gasteiger partial charge in [0.25, 0.3) is 0 Å². The van der Waals surface area contributed by atoms with E-state index >= 15 is 0 Å². The highest BCUT2D eigenvalue weighted by atomic mass is 35.5. The van der Waals surface area contributed by atoms with Gasteiger partial charge in [-0.15, -0.1) is 0 Å². The maximum Gasteiger partial charge on any atom is 0.140 e. The molecule has 0 spiro atoms. The maximum atomic E-state index is 9.91. The van der Waals surface area contributed by atoms with Crippen LogP contribution in [0.5, 0.6) is 0 Å². The molecule has 1 nitrogen and oxygen atoms in total. The summed E-state index contributed by atoms with van der Waals surface area (Å²) in [7, 11) is 0. The summed E-state index contributed by atoms with van der Waals surface area (Å²) in [5, 5.41) is 10.6. The van der Waals surface area contributed by atoms with Gasteiger partial charge in [-0.2, -0.15) is 0 Å². The molecule has 0 fully saturated rings. The third-order valence-electron chi connectivity index (χ3n) is 2.59. The minimum absolute atomic E-state index is 0.650. The zero-order valence-corrected chi connectivity index (χ0v) is 10.8. The number of aliphatic hydroxyl groups excluding tert-OH is 1. The molecule has 0 saturated heterocycles. The van der Waals surface area contributed by atoms with E-state index in [4.69, 9.17) is 11.6 Å². The molecule has 0 bridgehead atoms. The molecule has 2 heteroatoms. The van der Waals surface area contributed by atoms with Gasteiger partial charge in [0.15, 0.2) is 0 Å². The molecule has 0 heterocycles. The van der Waals surface area contributed by atoms with Crippen molar-refractivity contribution in [2.45, 2.75) is 13.0 Å². The van der Waals surface area contributed by atoms with Crippen molar-refractivity contribution in [1.82, 2.24) is 0 Å². The van der Waals surface area contributed by atoms with Gasteiger partial charge in [-0.1, -0.05) is 53.3 Å². The second kappa shape index (κ2) is 5.73. The summed E-state index contributed by atoms with van der Waals surface area (Å²) in [6, 6.07) is 14.9. The van der Waals surface area contributed by atoms with Crippen LogP contribution in [-0.4, -0.2) is 5.11 Å². The Balaban J connectivity index is 2.14. The second-order valence-electron chi connectivity index (χ2n) is 4.09. The van der Waals surface area contributed by atoms with Gasteiger partial charge in [-0.3, -0.25) is 0 Å². The van der Waals surface area contributed by atoms with E-state index in [2.05, 4.69) is 11.8 Å². The minimum Gasteiger partial charge on any atom is -0.376 e. The van der Waals surface area contributed by atoms with Crippen LogP contribution in [0.1, 0.15) is 22.8 Å². The molecule has 18 heavy (non-hydrogen) atoms. The molecule has 0 aromatic heterocycles. The predicted octanol–water partition coefficient (Wildman–Crippen LogP) is 3.73. The normalized spacial score (nSPS) is 11.5. The lowest BCUT2D eigenvalue weighted by molar-refractivity contribution is 0.238. The molecule has 1 N–H and O–H groups in total. The highest BCUT2D eigenvalue weighted by Crippen LogP contribution is 2.15. The molecule has 2 aromatic carbocycles. The monoisotopic (exact) mass is 256 g/mol. The molecule has 0 amide bonds. The average molecular weight is 257 g/mol. The molecule has 1 unspecified atom stereocenters. The van der Waals surface area contributed by atoms with E-state index in [0.717, 1.165) is 11.1 Å². The van der Waals surface area contributed by atoms with Crippen molar-refractivity contribution < 1.29 is 5.11 Å². The lowest BCUT2D eigenvalue weighted by Crippen LogP contribution is -1.92. The van der Waals surface area contributed by atoms with Crippen LogP contribution in [-0.2, 0) is 0 Å². The summed E-state index contributed by atoms with van der Waals surface area (Å²) in [4.78, 5) is 0. The van der Waals surface area contributed by atoms with Crippen molar-refractivity contribution in [3.05, 3.63) is 70.2 Å². The molecule has 1 atom stereocenters. The summed E-state index contributed by atoms with van der Waals surface area (Å²) in [5.41, 5.74) is 2.84. The number of rotatable bonds is 1. The van der Waals surface area contributed by atoms with Gasteiger partial charge in [0.1, 0.15) is 6.10 Å². The quantitative estimate of drug-likeness (QED) is 0.771. The van der Waals surface area contributed by atoms with Crippen molar-refractivity contribution in [3.8, 4) is 11.8 Å². The van der Waals surface area contributed by atoms with E-state index in [1.54, 1.807) is 24.3 Å². The molecular weight excluding hydrogens is 244 g/mol. The summed E-state index contributed by atoms with van der Waals surface area (Å²) in [6.45, 7) is 2.03. The van der Waals surface area contributed by atoms with E-state index in [1.165, 1.54) is 5.56 Å². The first kappa shape index (κ1) is 12.7. The predicted molar refractivity (Wildman–Crippen MR) is 74.5 cm³/mol. The van der Waals surface area contributed by atoms with Crippen LogP contribution in [0.4, 0.5) is 0 Å². The van der Waals surface area contributed by atoms with Gasteiger partial charge in [0.2, 0.25) is 0 Å². The molecule has 0 aliphatic heterocycles. The summed E-state index contributed by atoms with van der Waals surface area (Å²) < 4.78 is 0. The van der Waals surface area contributed by atoms with Crippen molar-refractivity contribution >= 4 is 11.6 Å². The first-order valence-corrected chi connectivity index (χ1v) is 6.05. The lowest BCUT2D eigenvalue weighted by atomic mass is 10.1. The van der Waals surface area contributed by atoms with Gasteiger partial charge >= 0.3 is 0 Å². The fourth-order valence-electron chi connectivity index (χ4n) is 1.52. The molecule has 0 saturated carbocycles. The van der Waals surface area contributed by atoms with Crippen LogP contribution in [0.2, 0.25) is 5.02 Å². The topological polar surface area (TPSA) is 20.2 Å². The van der Waals surface area contributed by atoms with Crippen LogP contribution in [0.25, 0.3) is 0 Å². The number of aryl methyl sites for hydroxylation is 1. The molecule has 0 aliphatic carbocycles. The first-order chi connectivity index (χ1) is 8.65. The number of aliphatic hydroxyl groups is 1. The second-order valence-corrected chi connectivity index (χ2v) is 4.53. The summed E-state index contributed by atoms with van der Waals surface area (Å²) >= 11 is 5.79. The molecular formula is C16H13ClO. The molecule has 90 valence electrons. The van der Waals surface area contributed by atoms with Crippen LogP contribution in [0.3, 0.4) is 0 Å². The number of hydrogen-bond acceptors (Lipinski definition) is 1. The highest BCUT2D eigenvalue weighted by Gasteiger charge is 2.02. The standard InChI is InChI=1S/C16H13ClO/c1-12-2-4-13(5-3-12)6-11-16(18)14-7-9-15(17)10-8-14/h2-5,7-10,16,18H,1H3. The van der Waals surface area contributed by atoms with E-state index in [1.807, 2.05) is 31.2 Å². The van der Waals surface area contributed by atoms with Crippen LogP contribution >= 0.6 is 11.6 Å². The lowest BCUT2D eigenvalue weighted by Gasteiger charge is -2.02. The van der Waals surface area contributed by atoms with E-state index in [9.17, 15) is 5.11 Å². The number of hydrogen-bond donors (Lipinski definition) is 1. The molecule has 0 aliphatic rings. The van der Waals surface area contributed by atoms with Gasteiger partial charge < -0.3 is 5.11 Å². The Morgan fingerprint density at radius 2 is 1.61 bits per heavy atom. The zero-order valence-electron chi connectivity index (χ0n) is 10.0. The van der Waals surface area contributed by atoms with Crippen molar-refractivity contribution in [3.63, 3.8) is 0 Å². The Morgan fingerprint density at radius 3 is 2.22 bits per heavy atom. The molecule has 0 radical (unpaired) electrons. The number of halogens is 1. The average Bonchev–Trinajstić information content (AvgIpc) is 2.38. The van der Waals surface area contributed by atoms with E-state index < -0.39 is 6.10 Å². The Bertz CT molecular complexity index is 573. The smallest absolute Gasteiger partial charge is 0.140 e. The zero-order chi connectivity index (χ0) is 13.0. The van der Waals surface area contributed by atoms with Crippen LogP contribution in [0.15, 0.2) is 48.5 Å². The molecule has 2 rings (SSSR count). The van der Waals surface area contributed by atoms with Gasteiger partial charge in [-0.05, 0) is 36.8 Å². The van der Waals surface area contributed by atoms with E-state index in [0.29, 0.717) is 5.02 Å². The highest BCUT2D eigenvalue weighted by molar-refractivity contribution is 6.30. The largest absolute Gasteiger partial charge is 0.376 e. The van der Waals surface area contributed by atoms with Crippen LogP contribution in [0, 0.1) is 18.8 Å². The van der Waals surface area contributed by atoms with E-state index in [-0.39, 0.29) is 0 Å². The third-order valence-corrected chi connectivity index (χ3v) is 2.84. The first-order valence-electron chi connectivity index (χ1n) is 5.67. The SMILES string of the molecule is Cc1ccc(C#CC(O)c2ccc(Cl)cc2)cc1. The van der Waals surface area contributed by atoms with Crippen LogP contribution < -0.4 is 0 Å². The Hall–Kier alpha value is -1.75. The van der Waals surface area contributed by atoms with Gasteiger partial charge in [0.05, 0.1) is 0 Å². The summed E-state index contributed by atoms with van der Waals surface area (Å²) in [6.07, 6.45) is -0.788.